The predicted molar refractivity (Wildman–Crippen MR) is 115 cm³/mol. The predicted octanol–water partition coefficient (Wildman–Crippen LogP) is 2.65. The van der Waals surface area contributed by atoms with Gasteiger partial charge in [-0.15, -0.1) is 0 Å². The quantitative estimate of drug-likeness (QED) is 0.473. The van der Waals surface area contributed by atoms with Gasteiger partial charge in [-0.25, -0.2) is 4.98 Å². The highest BCUT2D eigenvalue weighted by atomic mass is 32.1. The molecule has 1 atom stereocenters. The van der Waals surface area contributed by atoms with Gasteiger partial charge in [0.2, 0.25) is 0 Å². The monoisotopic (exact) mass is 407 g/mol. The van der Waals surface area contributed by atoms with Crippen molar-refractivity contribution in [2.45, 2.75) is 13.0 Å². The summed E-state index contributed by atoms with van der Waals surface area (Å²) in [5.41, 5.74) is 9.55. The molecule has 0 aliphatic carbocycles. The van der Waals surface area contributed by atoms with Crippen molar-refractivity contribution in [3.05, 3.63) is 59.8 Å². The van der Waals surface area contributed by atoms with Crippen LogP contribution in [-0.2, 0) is 0 Å². The fraction of sp³-hybridized carbons (Fsp3) is 0.190. The fourth-order valence-electron chi connectivity index (χ4n) is 3.08. The number of benzene rings is 2. The Morgan fingerprint density at radius 3 is 2.55 bits per heavy atom. The minimum absolute atomic E-state index is 0.0730. The van der Waals surface area contributed by atoms with Crippen molar-refractivity contribution in [2.75, 3.05) is 13.6 Å². The minimum Gasteiger partial charge on any atom is -0.355 e. The van der Waals surface area contributed by atoms with Gasteiger partial charge < -0.3 is 16.4 Å². The molecule has 4 rings (SSSR count). The van der Waals surface area contributed by atoms with Crippen LogP contribution in [0, 0.1) is 0 Å². The number of nitrogens with one attached hydrogen (secondary N) is 2. The smallest absolute Gasteiger partial charge is 0.251 e. The molecule has 4 aromatic rings. The summed E-state index contributed by atoms with van der Waals surface area (Å²) >= 11 is 1.53. The van der Waals surface area contributed by atoms with E-state index in [1.165, 1.54) is 11.3 Å². The second-order valence-corrected chi connectivity index (χ2v) is 7.84. The Kier molecular flexibility index (Phi) is 5.04. The van der Waals surface area contributed by atoms with Crippen LogP contribution >= 0.6 is 11.3 Å². The van der Waals surface area contributed by atoms with Crippen LogP contribution in [0.3, 0.4) is 0 Å². The Morgan fingerprint density at radius 2 is 1.86 bits per heavy atom. The Labute approximate surface area is 171 Å². The van der Waals surface area contributed by atoms with E-state index in [1.54, 1.807) is 19.2 Å². The first-order valence-electron chi connectivity index (χ1n) is 9.25. The van der Waals surface area contributed by atoms with Crippen molar-refractivity contribution < 1.29 is 9.59 Å². The first-order chi connectivity index (χ1) is 14.0. The van der Waals surface area contributed by atoms with Gasteiger partial charge in [0.1, 0.15) is 0 Å². The van der Waals surface area contributed by atoms with Crippen molar-refractivity contribution in [3.8, 4) is 11.3 Å². The zero-order chi connectivity index (χ0) is 20.5. The van der Waals surface area contributed by atoms with E-state index >= 15 is 0 Å². The molecule has 0 saturated carbocycles. The molecule has 0 aliphatic rings. The molecule has 148 valence electrons. The van der Waals surface area contributed by atoms with E-state index in [0.717, 1.165) is 26.4 Å². The van der Waals surface area contributed by atoms with Gasteiger partial charge in [-0.2, -0.15) is 0 Å². The average molecular weight is 407 g/mol. The maximum atomic E-state index is 12.3. The van der Waals surface area contributed by atoms with Crippen molar-refractivity contribution in [1.29, 1.82) is 0 Å². The van der Waals surface area contributed by atoms with E-state index in [-0.39, 0.29) is 17.9 Å². The molecule has 0 fully saturated rings. The highest BCUT2D eigenvalue weighted by molar-refractivity contribution is 7.23. The molecular formula is C21H21N5O2S. The molecule has 0 aliphatic heterocycles. The number of fused-ring (bicyclic) bond motifs is 3. The maximum Gasteiger partial charge on any atom is 0.251 e. The number of amides is 2. The highest BCUT2D eigenvalue weighted by Crippen LogP contribution is 2.30. The first kappa shape index (κ1) is 19.1. The largest absolute Gasteiger partial charge is 0.355 e. The molecule has 0 bridgehead atoms. The summed E-state index contributed by atoms with van der Waals surface area (Å²) in [7, 11) is 1.61. The van der Waals surface area contributed by atoms with Crippen LogP contribution in [0.1, 0.15) is 27.6 Å². The SMILES string of the molecule is CNC(=O)c1ccc(-c2cn3c(n2)sc2cc(C(=O)NC(C)CN)ccc23)cc1. The lowest BCUT2D eigenvalue weighted by molar-refractivity contribution is 0.0938. The Hall–Kier alpha value is -3.23. The van der Waals surface area contributed by atoms with E-state index in [9.17, 15) is 9.59 Å². The van der Waals surface area contributed by atoms with Gasteiger partial charge in [-0.1, -0.05) is 23.5 Å². The lowest BCUT2D eigenvalue weighted by Gasteiger charge is -2.11. The van der Waals surface area contributed by atoms with Gasteiger partial charge in [0.15, 0.2) is 4.96 Å². The molecule has 0 radical (unpaired) electrons. The van der Waals surface area contributed by atoms with Crippen molar-refractivity contribution in [2.24, 2.45) is 5.73 Å². The third-order valence-electron chi connectivity index (χ3n) is 4.76. The van der Waals surface area contributed by atoms with Gasteiger partial charge in [0, 0.05) is 42.5 Å². The van der Waals surface area contributed by atoms with Gasteiger partial charge in [0.05, 0.1) is 15.9 Å². The third kappa shape index (κ3) is 3.59. The standard InChI is InChI=1S/C21H21N5O2S/c1-12(10-22)24-20(28)15-7-8-17-18(9-15)29-21-25-16(11-26(17)21)13-3-5-14(6-4-13)19(27)23-2/h3-9,11-12H,10,22H2,1-2H3,(H,23,27)(H,24,28). The van der Waals surface area contributed by atoms with Crippen LogP contribution in [0.4, 0.5) is 0 Å². The molecule has 2 aromatic heterocycles. The maximum absolute atomic E-state index is 12.3. The molecule has 0 spiro atoms. The molecule has 2 amide bonds. The molecule has 2 heterocycles. The normalized spacial score (nSPS) is 12.2. The summed E-state index contributed by atoms with van der Waals surface area (Å²) in [4.78, 5) is 29.6. The molecule has 0 saturated heterocycles. The van der Waals surface area contributed by atoms with Crippen molar-refractivity contribution >= 4 is 38.3 Å². The first-order valence-corrected chi connectivity index (χ1v) is 10.1. The van der Waals surface area contributed by atoms with Crippen LogP contribution in [0.15, 0.2) is 48.7 Å². The van der Waals surface area contributed by atoms with Crippen LogP contribution in [-0.4, -0.2) is 40.8 Å². The topological polar surface area (TPSA) is 102 Å². The molecule has 29 heavy (non-hydrogen) atoms. The second kappa shape index (κ2) is 7.65. The highest BCUT2D eigenvalue weighted by Gasteiger charge is 2.14. The number of rotatable bonds is 5. The Morgan fingerprint density at radius 1 is 1.14 bits per heavy atom. The lowest BCUT2D eigenvalue weighted by Crippen LogP contribution is -2.37. The zero-order valence-electron chi connectivity index (χ0n) is 16.1. The van der Waals surface area contributed by atoms with E-state index in [1.807, 2.05) is 47.9 Å². The molecule has 4 N–H and O–H groups in total. The Bertz CT molecular complexity index is 1210. The van der Waals surface area contributed by atoms with Crippen molar-refractivity contribution in [3.63, 3.8) is 0 Å². The number of carbonyl (C=O) groups excluding carboxylic acids is 2. The number of imidazole rings is 1. The minimum atomic E-state index is -0.132. The van der Waals surface area contributed by atoms with Crippen LogP contribution in [0.25, 0.3) is 26.4 Å². The van der Waals surface area contributed by atoms with E-state index in [4.69, 9.17) is 10.7 Å². The van der Waals surface area contributed by atoms with Crippen LogP contribution in [0.2, 0.25) is 0 Å². The fourth-order valence-corrected chi connectivity index (χ4v) is 4.13. The summed E-state index contributed by atoms with van der Waals surface area (Å²) in [5, 5.41) is 5.49. The van der Waals surface area contributed by atoms with Crippen molar-refractivity contribution in [1.82, 2.24) is 20.0 Å². The number of carbonyl (C=O) groups is 2. The summed E-state index contributed by atoms with van der Waals surface area (Å²) in [6.45, 7) is 2.27. The number of aromatic nitrogens is 2. The molecule has 7 nitrogen and oxygen atoms in total. The molecule has 2 aromatic carbocycles. The second-order valence-electron chi connectivity index (χ2n) is 6.83. The van der Waals surface area contributed by atoms with Gasteiger partial charge >= 0.3 is 0 Å². The summed E-state index contributed by atoms with van der Waals surface area (Å²) in [6, 6.07) is 12.9. The molecule has 1 unspecified atom stereocenters. The lowest BCUT2D eigenvalue weighted by atomic mass is 10.1. The Balaban J connectivity index is 1.65. The number of hydrogen-bond donors (Lipinski definition) is 3. The van der Waals surface area contributed by atoms with E-state index in [2.05, 4.69) is 10.6 Å². The van der Waals surface area contributed by atoms with Crippen LogP contribution < -0.4 is 16.4 Å². The van der Waals surface area contributed by atoms with E-state index < -0.39 is 0 Å². The van der Waals surface area contributed by atoms with Gasteiger partial charge in [-0.3, -0.25) is 14.0 Å². The third-order valence-corrected chi connectivity index (χ3v) is 5.77. The molecular weight excluding hydrogens is 386 g/mol. The summed E-state index contributed by atoms with van der Waals surface area (Å²) in [6.07, 6.45) is 1.97. The number of thiazole rings is 1. The summed E-state index contributed by atoms with van der Waals surface area (Å²) < 4.78 is 3.01. The van der Waals surface area contributed by atoms with Crippen LogP contribution in [0.5, 0.6) is 0 Å². The van der Waals surface area contributed by atoms with E-state index in [0.29, 0.717) is 17.7 Å². The molecule has 8 heteroatoms. The average Bonchev–Trinajstić information content (AvgIpc) is 3.30. The number of nitrogens with two attached hydrogens (primary N) is 1. The number of nitrogens with zero attached hydrogens (tertiary/aromatic N) is 2. The van der Waals surface area contributed by atoms with Gasteiger partial charge in [-0.05, 0) is 37.3 Å². The zero-order valence-corrected chi connectivity index (χ0v) is 16.9. The summed E-state index contributed by atoms with van der Waals surface area (Å²) in [5.74, 6) is -0.248. The van der Waals surface area contributed by atoms with Gasteiger partial charge in [0.25, 0.3) is 11.8 Å². The number of hydrogen-bond acceptors (Lipinski definition) is 5.